The smallest absolute Gasteiger partial charge is 0.122 e. The first kappa shape index (κ1) is 6.66. The Morgan fingerprint density at radius 1 is 1.60 bits per heavy atom. The van der Waals surface area contributed by atoms with Crippen LogP contribution in [0.1, 0.15) is 45.4 Å². The first-order chi connectivity index (χ1) is 5.34. The van der Waals surface area contributed by atoms with Crippen LogP contribution < -0.4 is 5.31 Å². The van der Waals surface area contributed by atoms with Crippen LogP contribution >= 0.6 is 0 Å². The van der Waals surface area contributed by atoms with Crippen molar-refractivity contribution in [1.82, 2.24) is 5.31 Å². The van der Waals surface area contributed by atoms with E-state index in [9.17, 15) is 0 Å². The highest BCUT2D eigenvalue weighted by molar-refractivity contribution is 4.71. The van der Waals surface area contributed by atoms with Crippen LogP contribution in [0.25, 0.3) is 0 Å². The molecule has 1 heteroatoms. The summed E-state index contributed by atoms with van der Waals surface area (Å²) in [6.45, 7) is 3.21. The van der Waals surface area contributed by atoms with Crippen molar-refractivity contribution in [3.8, 4) is 0 Å². The summed E-state index contributed by atoms with van der Waals surface area (Å²) in [6, 6.07) is 0.573. The lowest BCUT2D eigenvalue weighted by Crippen LogP contribution is -2.33. The molecule has 1 fully saturated rings. The molecular weight excluding hydrogens is 122 g/mol. The van der Waals surface area contributed by atoms with E-state index in [0.717, 1.165) is 6.54 Å². The average Bonchev–Trinajstić information content (AvgIpc) is 2.03. The third-order valence-corrected chi connectivity index (χ3v) is 2.22. The Labute approximate surface area is 65.7 Å². The Bertz CT molecular complexity index is 106. The van der Waals surface area contributed by atoms with Gasteiger partial charge in [0.2, 0.25) is 0 Å². The van der Waals surface area contributed by atoms with E-state index in [-0.39, 0.29) is 0 Å². The maximum Gasteiger partial charge on any atom is 0.122 e. The Kier molecular flexibility index (Phi) is 3.15. The molecule has 1 saturated heterocycles. The molecule has 0 spiro atoms. The van der Waals surface area contributed by atoms with Crippen LogP contribution in [0.5, 0.6) is 0 Å². The van der Waals surface area contributed by atoms with E-state index in [1.54, 1.807) is 5.31 Å². The van der Waals surface area contributed by atoms with Crippen molar-refractivity contribution in [3.05, 3.63) is 0 Å². The van der Waals surface area contributed by atoms with Crippen LogP contribution in [-0.4, -0.2) is 12.6 Å². The van der Waals surface area contributed by atoms with Crippen LogP contribution in [0.2, 0.25) is 1.41 Å². The molecule has 0 aromatic carbocycles. The predicted molar refractivity (Wildman–Crippen MR) is 45.2 cm³/mol. The Balaban J connectivity index is 2.18. The molecule has 1 N–H and O–H groups in total. The largest absolute Gasteiger partial charge is 0.314 e. The summed E-state index contributed by atoms with van der Waals surface area (Å²) in [7, 11) is 0. The fourth-order valence-corrected chi connectivity index (χ4v) is 1.53. The van der Waals surface area contributed by atoms with Crippen molar-refractivity contribution in [2.24, 2.45) is 0 Å². The van der Waals surface area contributed by atoms with Gasteiger partial charge in [-0.25, -0.2) is 0 Å². The maximum absolute atomic E-state index is 7.64. The normalized spacial score (nSPS) is 30.1. The van der Waals surface area contributed by atoms with Gasteiger partial charge in [0.1, 0.15) is 1.41 Å². The quantitative estimate of drug-likeness (QED) is 0.637. The summed E-state index contributed by atoms with van der Waals surface area (Å²) in [5.41, 5.74) is 0. The highest BCUT2D eigenvalue weighted by atomic mass is 14.9. The Morgan fingerprint density at radius 3 is 3.20 bits per heavy atom. The average molecular weight is 142 g/mol. The summed E-state index contributed by atoms with van der Waals surface area (Å²) in [6.07, 6.45) is 7.61. The fourth-order valence-electron chi connectivity index (χ4n) is 1.53. The van der Waals surface area contributed by atoms with Crippen LogP contribution in [0.4, 0.5) is 0 Å². The van der Waals surface area contributed by atoms with Gasteiger partial charge in [-0.05, 0) is 25.8 Å². The summed E-state index contributed by atoms with van der Waals surface area (Å²) >= 11 is 0. The van der Waals surface area contributed by atoms with E-state index in [4.69, 9.17) is 1.41 Å². The van der Waals surface area contributed by atoms with Gasteiger partial charge in [0.15, 0.2) is 0 Å². The van der Waals surface area contributed by atoms with Gasteiger partial charge >= 0.3 is 0 Å². The highest BCUT2D eigenvalue weighted by Gasteiger charge is 2.10. The van der Waals surface area contributed by atoms with Gasteiger partial charge in [-0.1, -0.05) is 26.2 Å². The summed E-state index contributed by atoms with van der Waals surface area (Å²) < 4.78 is 7.64. The molecule has 0 saturated carbocycles. The molecule has 1 aliphatic heterocycles. The van der Waals surface area contributed by atoms with Crippen molar-refractivity contribution in [2.75, 3.05) is 6.54 Å². The minimum atomic E-state index is 0.573. The van der Waals surface area contributed by atoms with Crippen molar-refractivity contribution >= 4 is 0 Å². The summed E-state index contributed by atoms with van der Waals surface area (Å²) in [5, 5.41) is 1.79. The standard InChI is InChI=1S/C9H19N/c1-2-3-6-9-7-4-5-8-10-9/h9-10H,2-8H2,1H3/i/hD. The zero-order valence-electron chi connectivity index (χ0n) is 7.97. The van der Waals surface area contributed by atoms with Gasteiger partial charge in [-0.2, -0.15) is 0 Å². The molecule has 1 heterocycles. The van der Waals surface area contributed by atoms with E-state index in [1.165, 1.54) is 38.5 Å². The molecule has 1 atom stereocenters. The number of hydrogen-bond acceptors (Lipinski definition) is 1. The maximum atomic E-state index is 7.64. The molecule has 1 aliphatic rings. The molecule has 1 nitrogen and oxygen atoms in total. The Morgan fingerprint density at radius 2 is 2.50 bits per heavy atom. The van der Waals surface area contributed by atoms with Gasteiger partial charge in [-0.3, -0.25) is 0 Å². The molecule has 0 radical (unpaired) electrons. The third kappa shape index (κ3) is 2.70. The lowest BCUT2D eigenvalue weighted by atomic mass is 10.0. The van der Waals surface area contributed by atoms with Gasteiger partial charge in [0, 0.05) is 6.04 Å². The molecule has 0 amide bonds. The minimum Gasteiger partial charge on any atom is -0.314 e. The van der Waals surface area contributed by atoms with Gasteiger partial charge in [0.05, 0.1) is 0 Å². The molecular formula is C9H19N. The van der Waals surface area contributed by atoms with E-state index < -0.39 is 0 Å². The van der Waals surface area contributed by atoms with Crippen molar-refractivity contribution in [1.29, 1.82) is 0 Å². The molecule has 1 rings (SSSR count). The second-order valence-electron chi connectivity index (χ2n) is 3.20. The highest BCUT2D eigenvalue weighted by Crippen LogP contribution is 2.12. The molecule has 60 valence electrons. The zero-order chi connectivity index (χ0) is 8.10. The van der Waals surface area contributed by atoms with E-state index >= 15 is 0 Å². The molecule has 1 unspecified atom stereocenters. The first-order valence-corrected chi connectivity index (χ1v) is 4.60. The van der Waals surface area contributed by atoms with Crippen LogP contribution in [0.3, 0.4) is 0 Å². The lowest BCUT2D eigenvalue weighted by molar-refractivity contribution is 0.374. The number of unbranched alkanes of at least 4 members (excludes halogenated alkanes) is 1. The van der Waals surface area contributed by atoms with Gasteiger partial charge in [-0.15, -0.1) is 0 Å². The van der Waals surface area contributed by atoms with Crippen LogP contribution in [0.15, 0.2) is 0 Å². The van der Waals surface area contributed by atoms with E-state index in [2.05, 4.69) is 6.92 Å². The number of piperidine rings is 1. The fraction of sp³-hybridized carbons (Fsp3) is 1.00. The second-order valence-corrected chi connectivity index (χ2v) is 3.20. The van der Waals surface area contributed by atoms with Gasteiger partial charge in [0.25, 0.3) is 0 Å². The number of nitrogens with one attached hydrogen (secondary N) is 1. The Hall–Kier alpha value is -0.0400. The molecule has 0 bridgehead atoms. The molecule has 0 aromatic rings. The van der Waals surface area contributed by atoms with E-state index in [1.807, 2.05) is 0 Å². The van der Waals surface area contributed by atoms with Gasteiger partial charge < -0.3 is 5.31 Å². The first-order valence-electron chi connectivity index (χ1n) is 5.05. The molecule has 10 heavy (non-hydrogen) atoms. The van der Waals surface area contributed by atoms with Crippen molar-refractivity contribution < 1.29 is 1.41 Å². The van der Waals surface area contributed by atoms with Crippen LogP contribution in [0, 0.1) is 0 Å². The second kappa shape index (κ2) is 4.73. The molecule has 0 aromatic heterocycles. The number of rotatable bonds is 3. The van der Waals surface area contributed by atoms with E-state index in [0.29, 0.717) is 6.04 Å². The monoisotopic (exact) mass is 142 g/mol. The molecule has 0 aliphatic carbocycles. The third-order valence-electron chi connectivity index (χ3n) is 2.22. The number of hydrogen-bond donors (Lipinski definition) is 1. The summed E-state index contributed by atoms with van der Waals surface area (Å²) in [4.78, 5) is 0. The summed E-state index contributed by atoms with van der Waals surface area (Å²) in [5.74, 6) is 0. The lowest BCUT2D eigenvalue weighted by Gasteiger charge is -2.22. The predicted octanol–water partition coefficient (Wildman–Crippen LogP) is 2.32. The topological polar surface area (TPSA) is 12.0 Å². The SMILES string of the molecule is [2H]N1CCCCC1CCCC. The van der Waals surface area contributed by atoms with Crippen molar-refractivity contribution in [3.63, 3.8) is 0 Å². The zero-order valence-corrected chi connectivity index (χ0v) is 6.97. The van der Waals surface area contributed by atoms with Crippen molar-refractivity contribution in [2.45, 2.75) is 51.5 Å². The minimum absolute atomic E-state index is 0.573. The van der Waals surface area contributed by atoms with Crippen LogP contribution in [-0.2, 0) is 0 Å².